The maximum absolute atomic E-state index is 12.5. The summed E-state index contributed by atoms with van der Waals surface area (Å²) < 4.78 is 5.35. The van der Waals surface area contributed by atoms with Gasteiger partial charge in [0.15, 0.2) is 0 Å². The molecule has 1 aliphatic heterocycles. The number of carbonyl (C=O) groups is 2. The van der Waals surface area contributed by atoms with Crippen molar-refractivity contribution in [1.82, 2.24) is 4.90 Å². The highest BCUT2D eigenvalue weighted by Crippen LogP contribution is 2.31. The highest BCUT2D eigenvalue weighted by Gasteiger charge is 2.44. The van der Waals surface area contributed by atoms with Crippen molar-refractivity contribution >= 4 is 11.9 Å². The van der Waals surface area contributed by atoms with Crippen molar-refractivity contribution in [2.45, 2.75) is 40.2 Å². The molecule has 0 spiro atoms. The molecule has 0 aromatic heterocycles. The summed E-state index contributed by atoms with van der Waals surface area (Å²) >= 11 is 0. The number of carbonyl (C=O) groups excluding carboxylic acids is 1. The summed E-state index contributed by atoms with van der Waals surface area (Å²) in [6.07, 6.45) is 0. The molecule has 1 fully saturated rings. The van der Waals surface area contributed by atoms with Crippen LogP contribution < -0.4 is 0 Å². The van der Waals surface area contributed by atoms with Gasteiger partial charge in [-0.3, -0.25) is 9.59 Å². The van der Waals surface area contributed by atoms with E-state index in [2.05, 4.69) is 0 Å². The lowest BCUT2D eigenvalue weighted by Gasteiger charge is -2.44. The first-order valence-electron chi connectivity index (χ1n) is 6.19. The Labute approximate surface area is 108 Å². The van der Waals surface area contributed by atoms with Crippen molar-refractivity contribution in [3.05, 3.63) is 0 Å². The van der Waals surface area contributed by atoms with Gasteiger partial charge >= 0.3 is 5.97 Å². The van der Waals surface area contributed by atoms with Gasteiger partial charge < -0.3 is 14.7 Å². The lowest BCUT2D eigenvalue weighted by atomic mass is 9.79. The SMILES string of the molecule is CC(C)(C)C(C(=O)O)C(=O)N1CCOCC1(C)C. The van der Waals surface area contributed by atoms with Crippen molar-refractivity contribution in [2.75, 3.05) is 19.8 Å². The molecule has 1 N–H and O–H groups in total. The third kappa shape index (κ3) is 3.02. The van der Waals surface area contributed by atoms with Crippen molar-refractivity contribution in [1.29, 1.82) is 0 Å². The molecule has 1 unspecified atom stereocenters. The zero-order valence-electron chi connectivity index (χ0n) is 11.8. The van der Waals surface area contributed by atoms with E-state index in [0.717, 1.165) is 0 Å². The molecule has 0 radical (unpaired) electrons. The minimum Gasteiger partial charge on any atom is -0.481 e. The average Bonchev–Trinajstić information content (AvgIpc) is 2.13. The first kappa shape index (κ1) is 15.0. The van der Waals surface area contributed by atoms with Crippen LogP contribution >= 0.6 is 0 Å². The third-order valence-corrected chi connectivity index (χ3v) is 3.27. The monoisotopic (exact) mass is 257 g/mol. The fraction of sp³-hybridized carbons (Fsp3) is 0.846. The van der Waals surface area contributed by atoms with Gasteiger partial charge in [0.2, 0.25) is 5.91 Å². The van der Waals surface area contributed by atoms with E-state index < -0.39 is 22.8 Å². The van der Waals surface area contributed by atoms with Gasteiger partial charge in [-0.05, 0) is 19.3 Å². The standard InChI is InChI=1S/C13H23NO4/c1-12(2,3)9(11(16)17)10(15)14-6-7-18-8-13(14,4)5/h9H,6-8H2,1-5H3,(H,16,17). The third-order valence-electron chi connectivity index (χ3n) is 3.27. The fourth-order valence-electron chi connectivity index (χ4n) is 2.27. The van der Waals surface area contributed by atoms with Crippen LogP contribution in [0.4, 0.5) is 0 Å². The zero-order chi connectivity index (χ0) is 14.1. The second-order valence-electron chi connectivity index (χ2n) is 6.49. The molecule has 1 atom stereocenters. The first-order chi connectivity index (χ1) is 8.07. The van der Waals surface area contributed by atoms with Gasteiger partial charge in [-0.1, -0.05) is 20.8 Å². The van der Waals surface area contributed by atoms with E-state index >= 15 is 0 Å². The van der Waals surface area contributed by atoms with Gasteiger partial charge in [0, 0.05) is 6.54 Å². The molecule has 1 rings (SSSR count). The molecule has 0 aromatic carbocycles. The highest BCUT2D eigenvalue weighted by atomic mass is 16.5. The van der Waals surface area contributed by atoms with Crippen LogP contribution in [0.1, 0.15) is 34.6 Å². The second-order valence-corrected chi connectivity index (χ2v) is 6.49. The Morgan fingerprint density at radius 3 is 2.28 bits per heavy atom. The van der Waals surface area contributed by atoms with E-state index in [4.69, 9.17) is 4.74 Å². The van der Waals surface area contributed by atoms with Crippen LogP contribution in [-0.2, 0) is 14.3 Å². The summed E-state index contributed by atoms with van der Waals surface area (Å²) in [5.41, 5.74) is -1.05. The van der Waals surface area contributed by atoms with Crippen molar-refractivity contribution < 1.29 is 19.4 Å². The minimum atomic E-state index is -1.06. The van der Waals surface area contributed by atoms with Crippen LogP contribution in [0.3, 0.4) is 0 Å². The smallest absolute Gasteiger partial charge is 0.316 e. The largest absolute Gasteiger partial charge is 0.481 e. The summed E-state index contributed by atoms with van der Waals surface area (Å²) in [6, 6.07) is 0. The number of hydrogen-bond acceptors (Lipinski definition) is 3. The number of amides is 1. The molecule has 1 heterocycles. The summed E-state index contributed by atoms with van der Waals surface area (Å²) in [4.78, 5) is 25.5. The molecule has 1 aliphatic rings. The molecule has 0 aromatic rings. The summed E-state index contributed by atoms with van der Waals surface area (Å²) in [5, 5.41) is 9.30. The van der Waals surface area contributed by atoms with Crippen LogP contribution in [0.5, 0.6) is 0 Å². The van der Waals surface area contributed by atoms with E-state index in [9.17, 15) is 14.7 Å². The molecule has 1 saturated heterocycles. The fourth-order valence-corrected chi connectivity index (χ4v) is 2.27. The summed E-state index contributed by atoms with van der Waals surface area (Å²) in [6.45, 7) is 10.5. The number of hydrogen-bond donors (Lipinski definition) is 1. The van der Waals surface area contributed by atoms with E-state index in [0.29, 0.717) is 19.8 Å². The second kappa shape index (κ2) is 4.88. The molecule has 104 valence electrons. The number of ether oxygens (including phenoxy) is 1. The van der Waals surface area contributed by atoms with Gasteiger partial charge in [-0.25, -0.2) is 0 Å². The van der Waals surface area contributed by atoms with Crippen molar-refractivity contribution in [2.24, 2.45) is 11.3 Å². The van der Waals surface area contributed by atoms with Crippen LogP contribution in [0.15, 0.2) is 0 Å². The maximum Gasteiger partial charge on any atom is 0.316 e. The Morgan fingerprint density at radius 2 is 1.89 bits per heavy atom. The van der Waals surface area contributed by atoms with Crippen LogP contribution in [0.2, 0.25) is 0 Å². The van der Waals surface area contributed by atoms with E-state index in [1.165, 1.54) is 0 Å². The normalized spacial score (nSPS) is 21.5. The molecule has 5 heteroatoms. The number of aliphatic carboxylic acids is 1. The van der Waals surface area contributed by atoms with Gasteiger partial charge in [-0.2, -0.15) is 0 Å². The Hall–Kier alpha value is -1.10. The molecule has 0 saturated carbocycles. The lowest BCUT2D eigenvalue weighted by Crippen LogP contribution is -2.59. The topological polar surface area (TPSA) is 66.8 Å². The van der Waals surface area contributed by atoms with Crippen LogP contribution in [0, 0.1) is 11.3 Å². The first-order valence-corrected chi connectivity index (χ1v) is 6.19. The van der Waals surface area contributed by atoms with Gasteiger partial charge in [-0.15, -0.1) is 0 Å². The number of morpholine rings is 1. The Balaban J connectivity index is 3.00. The zero-order valence-corrected chi connectivity index (χ0v) is 11.8. The number of carboxylic acid groups (broad SMARTS) is 1. The van der Waals surface area contributed by atoms with Crippen molar-refractivity contribution in [3.63, 3.8) is 0 Å². The molecular formula is C13H23NO4. The Morgan fingerprint density at radius 1 is 1.33 bits per heavy atom. The number of nitrogens with zero attached hydrogens (tertiary/aromatic N) is 1. The molecule has 0 aliphatic carbocycles. The van der Waals surface area contributed by atoms with Gasteiger partial charge in [0.25, 0.3) is 0 Å². The van der Waals surface area contributed by atoms with Crippen LogP contribution in [-0.4, -0.2) is 47.2 Å². The number of carboxylic acids is 1. The molecule has 5 nitrogen and oxygen atoms in total. The van der Waals surface area contributed by atoms with Crippen LogP contribution in [0.25, 0.3) is 0 Å². The molecule has 0 bridgehead atoms. The van der Waals surface area contributed by atoms with E-state index in [1.54, 1.807) is 25.7 Å². The Kier molecular flexibility index (Phi) is 4.05. The van der Waals surface area contributed by atoms with Gasteiger partial charge in [0.05, 0.1) is 18.8 Å². The predicted octanol–water partition coefficient (Wildman–Crippen LogP) is 1.37. The van der Waals surface area contributed by atoms with Gasteiger partial charge in [0.1, 0.15) is 5.92 Å². The number of rotatable bonds is 2. The van der Waals surface area contributed by atoms with E-state index in [-0.39, 0.29) is 5.91 Å². The lowest BCUT2D eigenvalue weighted by molar-refractivity contribution is -0.164. The Bertz CT molecular complexity index is 343. The van der Waals surface area contributed by atoms with E-state index in [1.807, 2.05) is 13.8 Å². The molecule has 1 amide bonds. The minimum absolute atomic E-state index is 0.316. The summed E-state index contributed by atoms with van der Waals surface area (Å²) in [5.74, 6) is -2.40. The maximum atomic E-state index is 12.5. The average molecular weight is 257 g/mol. The molecular weight excluding hydrogens is 234 g/mol. The summed E-state index contributed by atoms with van der Waals surface area (Å²) in [7, 11) is 0. The molecule has 18 heavy (non-hydrogen) atoms. The van der Waals surface area contributed by atoms with Crippen molar-refractivity contribution in [3.8, 4) is 0 Å². The quantitative estimate of drug-likeness (QED) is 0.759. The highest BCUT2D eigenvalue weighted by molar-refractivity contribution is 5.98. The predicted molar refractivity (Wildman–Crippen MR) is 67.2 cm³/mol.